The SMILES string of the molecule is O=C1C(=Cc2ccccc2)Cc2cc(F)ccc21. The van der Waals surface area contributed by atoms with E-state index >= 15 is 0 Å². The molecule has 0 aromatic heterocycles. The van der Waals surface area contributed by atoms with Crippen LogP contribution >= 0.6 is 0 Å². The lowest BCUT2D eigenvalue weighted by Crippen LogP contribution is -1.95. The van der Waals surface area contributed by atoms with Gasteiger partial charge in [-0.1, -0.05) is 30.3 Å². The fourth-order valence-electron chi connectivity index (χ4n) is 2.26. The summed E-state index contributed by atoms with van der Waals surface area (Å²) >= 11 is 0. The first-order valence-corrected chi connectivity index (χ1v) is 5.83. The molecule has 18 heavy (non-hydrogen) atoms. The molecule has 1 nitrogen and oxygen atoms in total. The van der Waals surface area contributed by atoms with E-state index in [0.29, 0.717) is 12.0 Å². The average Bonchev–Trinajstić information content (AvgIpc) is 2.67. The monoisotopic (exact) mass is 238 g/mol. The van der Waals surface area contributed by atoms with E-state index in [1.165, 1.54) is 12.1 Å². The molecular weight excluding hydrogens is 227 g/mol. The molecule has 0 bridgehead atoms. The zero-order chi connectivity index (χ0) is 12.5. The van der Waals surface area contributed by atoms with Gasteiger partial charge in [0.15, 0.2) is 5.78 Å². The Hall–Kier alpha value is -2.22. The number of carbonyl (C=O) groups is 1. The van der Waals surface area contributed by atoms with Crippen LogP contribution in [0.1, 0.15) is 21.5 Å². The number of Topliss-reactive ketones (excluding diaryl/α,β-unsaturated/α-hetero) is 1. The van der Waals surface area contributed by atoms with Gasteiger partial charge in [-0.15, -0.1) is 0 Å². The van der Waals surface area contributed by atoms with Crippen LogP contribution in [-0.4, -0.2) is 5.78 Å². The summed E-state index contributed by atoms with van der Waals surface area (Å²) in [6.07, 6.45) is 2.39. The van der Waals surface area contributed by atoms with Gasteiger partial charge in [-0.3, -0.25) is 4.79 Å². The molecule has 1 aliphatic carbocycles. The molecule has 88 valence electrons. The molecule has 0 spiro atoms. The molecule has 0 fully saturated rings. The maximum atomic E-state index is 13.1. The van der Waals surface area contributed by atoms with Crippen LogP contribution in [0.15, 0.2) is 54.1 Å². The maximum absolute atomic E-state index is 13.1. The van der Waals surface area contributed by atoms with E-state index in [0.717, 1.165) is 16.7 Å². The highest BCUT2D eigenvalue weighted by Crippen LogP contribution is 2.28. The first kappa shape index (κ1) is 10.9. The number of benzene rings is 2. The summed E-state index contributed by atoms with van der Waals surface area (Å²) in [6.45, 7) is 0. The Balaban J connectivity index is 2.00. The van der Waals surface area contributed by atoms with Crippen LogP contribution in [0.4, 0.5) is 4.39 Å². The molecule has 0 amide bonds. The molecular formula is C16H11FO. The number of fused-ring (bicyclic) bond motifs is 1. The zero-order valence-corrected chi connectivity index (χ0v) is 9.69. The van der Waals surface area contributed by atoms with E-state index in [2.05, 4.69) is 0 Å². The highest BCUT2D eigenvalue weighted by atomic mass is 19.1. The fourth-order valence-corrected chi connectivity index (χ4v) is 2.26. The van der Waals surface area contributed by atoms with Crippen molar-refractivity contribution in [2.24, 2.45) is 0 Å². The smallest absolute Gasteiger partial charge is 0.189 e. The Morgan fingerprint density at radius 1 is 1.06 bits per heavy atom. The van der Waals surface area contributed by atoms with Crippen molar-refractivity contribution < 1.29 is 9.18 Å². The van der Waals surface area contributed by atoms with Crippen molar-refractivity contribution in [1.82, 2.24) is 0 Å². The van der Waals surface area contributed by atoms with Crippen LogP contribution in [-0.2, 0) is 6.42 Å². The highest BCUT2D eigenvalue weighted by molar-refractivity contribution is 6.15. The molecule has 0 unspecified atom stereocenters. The molecule has 0 aliphatic heterocycles. The predicted octanol–water partition coefficient (Wildman–Crippen LogP) is 3.65. The third-order valence-corrected chi connectivity index (χ3v) is 3.12. The molecule has 0 saturated carbocycles. The minimum atomic E-state index is -0.289. The topological polar surface area (TPSA) is 17.1 Å². The number of carbonyl (C=O) groups excluding carboxylic acids is 1. The first-order chi connectivity index (χ1) is 8.74. The zero-order valence-electron chi connectivity index (χ0n) is 9.69. The second kappa shape index (κ2) is 4.22. The number of hydrogen-bond acceptors (Lipinski definition) is 1. The lowest BCUT2D eigenvalue weighted by Gasteiger charge is -1.95. The molecule has 1 aliphatic rings. The molecule has 2 aromatic carbocycles. The van der Waals surface area contributed by atoms with E-state index in [-0.39, 0.29) is 11.6 Å². The molecule has 0 heterocycles. The standard InChI is InChI=1S/C16H11FO/c17-14-6-7-15-12(10-14)9-13(16(15)18)8-11-4-2-1-3-5-11/h1-8,10H,9H2. The molecule has 0 atom stereocenters. The molecule has 2 aromatic rings. The lowest BCUT2D eigenvalue weighted by molar-refractivity contribution is 0.104. The Morgan fingerprint density at radius 2 is 1.83 bits per heavy atom. The van der Waals surface area contributed by atoms with Crippen molar-refractivity contribution in [3.05, 3.63) is 76.6 Å². The van der Waals surface area contributed by atoms with Gasteiger partial charge in [0.2, 0.25) is 0 Å². The summed E-state index contributed by atoms with van der Waals surface area (Å²) in [5.74, 6) is -0.281. The molecule has 0 N–H and O–H groups in total. The van der Waals surface area contributed by atoms with Crippen molar-refractivity contribution in [3.63, 3.8) is 0 Å². The fraction of sp³-hybridized carbons (Fsp3) is 0.0625. The summed E-state index contributed by atoms with van der Waals surface area (Å²) in [4.78, 5) is 12.1. The quantitative estimate of drug-likeness (QED) is 0.693. The largest absolute Gasteiger partial charge is 0.289 e. The third-order valence-electron chi connectivity index (χ3n) is 3.12. The minimum absolute atomic E-state index is 0.00820. The summed E-state index contributed by atoms with van der Waals surface area (Å²) in [6, 6.07) is 14.0. The van der Waals surface area contributed by atoms with Crippen molar-refractivity contribution >= 4 is 11.9 Å². The maximum Gasteiger partial charge on any atom is 0.189 e. The van der Waals surface area contributed by atoms with Crippen LogP contribution in [0.3, 0.4) is 0 Å². The number of ketones is 1. The Bertz CT molecular complexity index is 641. The number of allylic oxidation sites excluding steroid dienone is 1. The third kappa shape index (κ3) is 1.86. The summed E-state index contributed by atoms with van der Waals surface area (Å²) in [7, 11) is 0. The van der Waals surface area contributed by atoms with Crippen molar-refractivity contribution in [3.8, 4) is 0 Å². The van der Waals surface area contributed by atoms with Crippen LogP contribution in [0.5, 0.6) is 0 Å². The first-order valence-electron chi connectivity index (χ1n) is 5.83. The van der Waals surface area contributed by atoms with Crippen LogP contribution < -0.4 is 0 Å². The van der Waals surface area contributed by atoms with Gasteiger partial charge in [0.1, 0.15) is 5.82 Å². The minimum Gasteiger partial charge on any atom is -0.289 e. The average molecular weight is 238 g/mol. The van der Waals surface area contributed by atoms with Gasteiger partial charge in [0, 0.05) is 17.6 Å². The van der Waals surface area contributed by atoms with E-state index in [4.69, 9.17) is 0 Å². The number of halogens is 1. The van der Waals surface area contributed by atoms with E-state index < -0.39 is 0 Å². The number of hydrogen-bond donors (Lipinski definition) is 0. The Morgan fingerprint density at radius 3 is 2.61 bits per heavy atom. The van der Waals surface area contributed by atoms with Crippen LogP contribution in [0.25, 0.3) is 6.08 Å². The Kier molecular flexibility index (Phi) is 2.56. The van der Waals surface area contributed by atoms with Gasteiger partial charge in [0.25, 0.3) is 0 Å². The predicted molar refractivity (Wildman–Crippen MR) is 68.9 cm³/mol. The van der Waals surface area contributed by atoms with Gasteiger partial charge < -0.3 is 0 Å². The van der Waals surface area contributed by atoms with Gasteiger partial charge in [-0.2, -0.15) is 0 Å². The number of rotatable bonds is 1. The van der Waals surface area contributed by atoms with E-state index in [1.807, 2.05) is 36.4 Å². The normalized spacial score (nSPS) is 16.1. The van der Waals surface area contributed by atoms with Crippen LogP contribution in [0.2, 0.25) is 0 Å². The molecule has 0 radical (unpaired) electrons. The molecule has 2 heteroatoms. The van der Waals surface area contributed by atoms with Gasteiger partial charge in [0.05, 0.1) is 0 Å². The van der Waals surface area contributed by atoms with Crippen molar-refractivity contribution in [2.75, 3.05) is 0 Å². The van der Waals surface area contributed by atoms with Crippen molar-refractivity contribution in [1.29, 1.82) is 0 Å². The molecule has 3 rings (SSSR count). The van der Waals surface area contributed by atoms with Gasteiger partial charge in [-0.25, -0.2) is 4.39 Å². The van der Waals surface area contributed by atoms with Crippen molar-refractivity contribution in [2.45, 2.75) is 6.42 Å². The summed E-state index contributed by atoms with van der Waals surface area (Å²) in [5, 5.41) is 0. The van der Waals surface area contributed by atoms with E-state index in [9.17, 15) is 9.18 Å². The van der Waals surface area contributed by atoms with Crippen LogP contribution in [0, 0.1) is 5.82 Å². The second-order valence-corrected chi connectivity index (χ2v) is 4.39. The highest BCUT2D eigenvalue weighted by Gasteiger charge is 2.24. The lowest BCUT2D eigenvalue weighted by atomic mass is 10.1. The van der Waals surface area contributed by atoms with Gasteiger partial charge >= 0.3 is 0 Å². The Labute approximate surface area is 105 Å². The van der Waals surface area contributed by atoms with E-state index in [1.54, 1.807) is 6.07 Å². The molecule has 0 saturated heterocycles. The summed E-state index contributed by atoms with van der Waals surface area (Å²) in [5.41, 5.74) is 3.12. The van der Waals surface area contributed by atoms with Gasteiger partial charge in [-0.05, 0) is 35.4 Å². The second-order valence-electron chi connectivity index (χ2n) is 4.39. The summed E-state index contributed by atoms with van der Waals surface area (Å²) < 4.78 is 13.1.